The monoisotopic (exact) mass is 305 g/mol. The Morgan fingerprint density at radius 3 is 2.45 bits per heavy atom. The number of nitrogens with one attached hydrogen (secondary N) is 1. The summed E-state index contributed by atoms with van der Waals surface area (Å²) in [5, 5.41) is 2.57. The summed E-state index contributed by atoms with van der Waals surface area (Å²) in [5.41, 5.74) is 0.315. The summed E-state index contributed by atoms with van der Waals surface area (Å²) in [6.45, 7) is 9.11. The van der Waals surface area contributed by atoms with E-state index < -0.39 is 23.7 Å². The fourth-order valence-electron chi connectivity index (χ4n) is 1.63. The van der Waals surface area contributed by atoms with Crippen molar-refractivity contribution in [2.75, 3.05) is 0 Å². The molecule has 120 valence electrons. The van der Waals surface area contributed by atoms with Gasteiger partial charge in [0.25, 0.3) is 0 Å². The summed E-state index contributed by atoms with van der Waals surface area (Å²) in [7, 11) is 0. The van der Waals surface area contributed by atoms with Crippen LogP contribution in [0, 0.1) is 0 Å². The lowest BCUT2D eigenvalue weighted by atomic mass is 10.2. The van der Waals surface area contributed by atoms with Gasteiger partial charge in [-0.05, 0) is 26.3 Å². The Labute approximate surface area is 131 Å². The number of rotatable bonds is 6. The largest absolute Gasteiger partial charge is 0.461 e. The van der Waals surface area contributed by atoms with Crippen LogP contribution in [0.25, 0.3) is 0 Å². The maximum absolute atomic E-state index is 11.8. The van der Waals surface area contributed by atoms with Crippen molar-refractivity contribution in [2.45, 2.75) is 45.4 Å². The zero-order valence-corrected chi connectivity index (χ0v) is 13.3. The van der Waals surface area contributed by atoms with Gasteiger partial charge in [0.1, 0.15) is 12.2 Å². The fraction of sp³-hybridized carbons (Fsp3) is 0.412. The first-order chi connectivity index (χ1) is 10.3. The molecule has 5 heteroatoms. The van der Waals surface area contributed by atoms with E-state index >= 15 is 0 Å². The highest BCUT2D eigenvalue weighted by Crippen LogP contribution is 2.08. The summed E-state index contributed by atoms with van der Waals surface area (Å²) in [6.07, 6.45) is 0.900. The molecule has 0 aliphatic heterocycles. The Bertz CT molecular complexity index is 505. The molecule has 1 atom stereocenters. The number of carbonyl (C=O) groups is 2. The molecule has 0 saturated carbocycles. The smallest absolute Gasteiger partial charge is 0.408 e. The van der Waals surface area contributed by atoms with Gasteiger partial charge in [-0.25, -0.2) is 4.79 Å². The Hall–Kier alpha value is -2.30. The van der Waals surface area contributed by atoms with Crippen molar-refractivity contribution in [3.05, 3.63) is 48.6 Å². The Kier molecular flexibility index (Phi) is 6.63. The van der Waals surface area contributed by atoms with E-state index in [9.17, 15) is 9.59 Å². The molecule has 22 heavy (non-hydrogen) atoms. The minimum absolute atomic E-state index is 0.00950. The molecule has 0 radical (unpaired) electrons. The maximum Gasteiger partial charge on any atom is 0.408 e. The second kappa shape index (κ2) is 8.22. The van der Waals surface area contributed by atoms with Crippen molar-refractivity contribution in [3.8, 4) is 0 Å². The maximum atomic E-state index is 11.8. The average molecular weight is 305 g/mol. The van der Waals surface area contributed by atoms with E-state index in [1.807, 2.05) is 30.3 Å². The van der Waals surface area contributed by atoms with Crippen LogP contribution in [0.1, 0.15) is 32.8 Å². The van der Waals surface area contributed by atoms with Crippen molar-refractivity contribution in [1.82, 2.24) is 5.32 Å². The summed E-state index contributed by atoms with van der Waals surface area (Å²) in [5.74, 6) is -0.412. The lowest BCUT2D eigenvalue weighted by Crippen LogP contribution is -2.39. The van der Waals surface area contributed by atoms with Crippen molar-refractivity contribution in [3.63, 3.8) is 0 Å². The van der Waals surface area contributed by atoms with Gasteiger partial charge in [-0.3, -0.25) is 4.79 Å². The number of benzene rings is 1. The highest BCUT2D eigenvalue weighted by molar-refractivity contribution is 5.73. The van der Waals surface area contributed by atoms with E-state index in [1.165, 1.54) is 6.08 Å². The Morgan fingerprint density at radius 1 is 1.27 bits per heavy atom. The number of hydrogen-bond donors (Lipinski definition) is 1. The standard InChI is InChI=1S/C17H23NO4/c1-5-14(18-16(20)22-17(2,3)4)11-15(19)21-12-13-9-7-6-8-10-13/h5-10,14H,1,11-12H2,2-4H3,(H,18,20). The summed E-state index contributed by atoms with van der Waals surface area (Å²) >= 11 is 0. The SMILES string of the molecule is C=CC(CC(=O)OCc1ccccc1)NC(=O)OC(C)(C)C. The molecule has 5 nitrogen and oxygen atoms in total. The van der Waals surface area contributed by atoms with Crippen molar-refractivity contribution < 1.29 is 19.1 Å². The van der Waals surface area contributed by atoms with Gasteiger partial charge < -0.3 is 14.8 Å². The van der Waals surface area contributed by atoms with E-state index in [-0.39, 0.29) is 13.0 Å². The second-order valence-electron chi connectivity index (χ2n) is 5.84. The highest BCUT2D eigenvalue weighted by Gasteiger charge is 2.20. The number of carbonyl (C=O) groups excluding carboxylic acids is 2. The van der Waals surface area contributed by atoms with E-state index in [0.717, 1.165) is 5.56 Å². The molecule has 1 amide bonds. The molecular formula is C17H23NO4. The summed E-state index contributed by atoms with van der Waals surface area (Å²) in [6, 6.07) is 8.86. The summed E-state index contributed by atoms with van der Waals surface area (Å²) < 4.78 is 10.3. The minimum atomic E-state index is -0.594. The zero-order chi connectivity index (χ0) is 16.6. The molecule has 1 rings (SSSR count). The molecule has 1 aromatic carbocycles. The van der Waals surface area contributed by atoms with Crippen molar-refractivity contribution >= 4 is 12.1 Å². The molecule has 0 aromatic heterocycles. The molecule has 0 bridgehead atoms. The molecule has 0 fully saturated rings. The van der Waals surface area contributed by atoms with Gasteiger partial charge in [-0.15, -0.1) is 6.58 Å². The van der Waals surface area contributed by atoms with Gasteiger partial charge >= 0.3 is 12.1 Å². The van der Waals surface area contributed by atoms with Gasteiger partial charge in [-0.1, -0.05) is 36.4 Å². The van der Waals surface area contributed by atoms with Crippen LogP contribution >= 0.6 is 0 Å². The molecular weight excluding hydrogens is 282 g/mol. The lowest BCUT2D eigenvalue weighted by molar-refractivity contribution is -0.145. The molecule has 0 aliphatic carbocycles. The number of esters is 1. The third-order valence-electron chi connectivity index (χ3n) is 2.62. The zero-order valence-electron chi connectivity index (χ0n) is 13.3. The average Bonchev–Trinajstić information content (AvgIpc) is 2.43. The topological polar surface area (TPSA) is 64.6 Å². The number of ether oxygens (including phenoxy) is 2. The molecule has 0 saturated heterocycles. The lowest BCUT2D eigenvalue weighted by Gasteiger charge is -2.22. The van der Waals surface area contributed by atoms with Gasteiger partial charge in [0.15, 0.2) is 0 Å². The van der Waals surface area contributed by atoms with Crippen molar-refractivity contribution in [1.29, 1.82) is 0 Å². The Balaban J connectivity index is 2.40. The van der Waals surface area contributed by atoms with Gasteiger partial charge in [-0.2, -0.15) is 0 Å². The predicted octanol–water partition coefficient (Wildman–Crippen LogP) is 3.20. The van der Waals surface area contributed by atoms with Crippen molar-refractivity contribution in [2.24, 2.45) is 0 Å². The first kappa shape index (κ1) is 17.8. The molecule has 1 unspecified atom stereocenters. The van der Waals surface area contributed by atoms with Crippen LogP contribution in [0.15, 0.2) is 43.0 Å². The normalized spacial score (nSPS) is 12.1. The van der Waals surface area contributed by atoms with E-state index in [1.54, 1.807) is 20.8 Å². The molecule has 1 aromatic rings. The van der Waals surface area contributed by atoms with Crippen LogP contribution in [-0.2, 0) is 20.9 Å². The molecule has 0 aliphatic rings. The number of alkyl carbamates (subject to hydrolysis) is 1. The summed E-state index contributed by atoms with van der Waals surface area (Å²) in [4.78, 5) is 23.4. The predicted molar refractivity (Wildman–Crippen MR) is 84.2 cm³/mol. The first-order valence-corrected chi connectivity index (χ1v) is 7.12. The number of hydrogen-bond acceptors (Lipinski definition) is 4. The van der Waals surface area contributed by atoms with E-state index in [2.05, 4.69) is 11.9 Å². The second-order valence-corrected chi connectivity index (χ2v) is 5.84. The van der Waals surface area contributed by atoms with Gasteiger partial charge in [0.05, 0.1) is 12.5 Å². The highest BCUT2D eigenvalue weighted by atomic mass is 16.6. The van der Waals surface area contributed by atoms with Gasteiger partial charge in [0, 0.05) is 0 Å². The van der Waals surface area contributed by atoms with Crippen LogP contribution in [0.4, 0.5) is 4.79 Å². The fourth-order valence-corrected chi connectivity index (χ4v) is 1.63. The molecule has 0 heterocycles. The minimum Gasteiger partial charge on any atom is -0.461 e. The Morgan fingerprint density at radius 2 is 1.91 bits per heavy atom. The van der Waals surface area contributed by atoms with E-state index in [0.29, 0.717) is 0 Å². The quantitative estimate of drug-likeness (QED) is 0.647. The third-order valence-corrected chi connectivity index (χ3v) is 2.62. The molecule has 0 spiro atoms. The third kappa shape index (κ3) is 7.47. The van der Waals surface area contributed by atoms with Gasteiger partial charge in [0.2, 0.25) is 0 Å². The number of amides is 1. The van der Waals surface area contributed by atoms with Crippen LogP contribution in [-0.4, -0.2) is 23.7 Å². The van der Waals surface area contributed by atoms with Crippen LogP contribution in [0.3, 0.4) is 0 Å². The first-order valence-electron chi connectivity index (χ1n) is 7.12. The van der Waals surface area contributed by atoms with Crippen LogP contribution < -0.4 is 5.32 Å². The van der Waals surface area contributed by atoms with Crippen LogP contribution in [0.2, 0.25) is 0 Å². The van der Waals surface area contributed by atoms with Crippen LogP contribution in [0.5, 0.6) is 0 Å². The molecule has 1 N–H and O–H groups in total. The van der Waals surface area contributed by atoms with E-state index in [4.69, 9.17) is 9.47 Å².